The minimum Gasteiger partial charge on any atom is -0.328 e. The van der Waals surface area contributed by atoms with Crippen LogP contribution in [0.1, 0.15) is 55.0 Å². The van der Waals surface area contributed by atoms with Crippen LogP contribution in [0.5, 0.6) is 0 Å². The molecule has 2 heterocycles. The molecule has 0 saturated heterocycles. The van der Waals surface area contributed by atoms with Gasteiger partial charge in [-0.15, -0.1) is 5.10 Å². The van der Waals surface area contributed by atoms with E-state index in [1.807, 2.05) is 16.8 Å². The number of nitrogens with one attached hydrogen (secondary N) is 1. The molecule has 2 aliphatic rings. The van der Waals surface area contributed by atoms with E-state index in [0.717, 1.165) is 33.5 Å². The molecule has 1 atom stereocenters. The number of halogens is 1. The second-order valence-electron chi connectivity index (χ2n) is 9.80. The molecule has 0 bridgehead atoms. The van der Waals surface area contributed by atoms with Gasteiger partial charge in [-0.2, -0.15) is 4.98 Å². The maximum atomic E-state index is 13.3. The van der Waals surface area contributed by atoms with Crippen LogP contribution in [-0.2, 0) is 10.5 Å². The molecule has 5 rings (SSSR count). The van der Waals surface area contributed by atoms with Gasteiger partial charge in [0, 0.05) is 27.9 Å². The van der Waals surface area contributed by atoms with Crippen LogP contribution >= 0.6 is 27.7 Å². The van der Waals surface area contributed by atoms with Crippen LogP contribution in [0.4, 0.5) is 5.95 Å². The van der Waals surface area contributed by atoms with Crippen molar-refractivity contribution in [3.05, 3.63) is 80.5 Å². The summed E-state index contributed by atoms with van der Waals surface area (Å²) in [6.45, 7) is 8.55. The molecule has 170 valence electrons. The molecule has 33 heavy (non-hydrogen) atoms. The number of fused-ring (bicyclic) bond motifs is 1. The van der Waals surface area contributed by atoms with Gasteiger partial charge in [-0.25, -0.2) is 4.68 Å². The summed E-state index contributed by atoms with van der Waals surface area (Å²) in [4.78, 5) is 18.2. The van der Waals surface area contributed by atoms with E-state index in [0.29, 0.717) is 17.5 Å². The van der Waals surface area contributed by atoms with Gasteiger partial charge in [0.05, 0.1) is 0 Å². The first-order chi connectivity index (χ1) is 15.7. The highest BCUT2D eigenvalue weighted by Crippen LogP contribution is 2.46. The zero-order chi connectivity index (χ0) is 23.3. The zero-order valence-corrected chi connectivity index (χ0v) is 21.7. The minimum atomic E-state index is -0.278. The van der Waals surface area contributed by atoms with E-state index >= 15 is 0 Å². The van der Waals surface area contributed by atoms with Crippen LogP contribution in [0.2, 0.25) is 0 Å². The van der Waals surface area contributed by atoms with Crippen molar-refractivity contribution in [1.29, 1.82) is 0 Å². The number of hydrogen-bond donors (Lipinski definition) is 1. The van der Waals surface area contributed by atoms with Gasteiger partial charge in [0.15, 0.2) is 5.78 Å². The van der Waals surface area contributed by atoms with Crippen LogP contribution in [0.3, 0.4) is 0 Å². The third-order valence-electron chi connectivity index (χ3n) is 6.34. The van der Waals surface area contributed by atoms with E-state index in [1.165, 1.54) is 16.7 Å². The molecule has 7 heteroatoms. The Morgan fingerprint density at radius 2 is 2.00 bits per heavy atom. The van der Waals surface area contributed by atoms with Gasteiger partial charge in [0.2, 0.25) is 11.1 Å². The van der Waals surface area contributed by atoms with E-state index in [2.05, 4.69) is 79.3 Å². The number of nitrogens with zero attached hydrogens (tertiary/aromatic N) is 3. The maximum absolute atomic E-state index is 13.3. The van der Waals surface area contributed by atoms with Crippen molar-refractivity contribution in [2.24, 2.45) is 5.41 Å². The van der Waals surface area contributed by atoms with Crippen LogP contribution in [0, 0.1) is 19.3 Å². The fraction of sp³-hybridized carbons (Fsp3) is 0.346. The van der Waals surface area contributed by atoms with Crippen LogP contribution in [-0.4, -0.2) is 20.5 Å². The highest BCUT2D eigenvalue weighted by Gasteiger charge is 2.41. The van der Waals surface area contributed by atoms with E-state index in [-0.39, 0.29) is 17.2 Å². The van der Waals surface area contributed by atoms with Crippen LogP contribution < -0.4 is 5.32 Å². The van der Waals surface area contributed by atoms with Crippen molar-refractivity contribution in [2.75, 3.05) is 5.32 Å². The molecule has 0 amide bonds. The maximum Gasteiger partial charge on any atom is 0.227 e. The molecule has 3 aromatic rings. The summed E-state index contributed by atoms with van der Waals surface area (Å²) in [5.74, 6) is 1.69. The van der Waals surface area contributed by atoms with E-state index < -0.39 is 0 Å². The fourth-order valence-electron chi connectivity index (χ4n) is 4.73. The topological polar surface area (TPSA) is 59.8 Å². The number of carbonyl (C=O) groups excluding carboxylic acids is 1. The smallest absolute Gasteiger partial charge is 0.227 e. The third kappa shape index (κ3) is 4.41. The number of rotatable bonds is 4. The number of anilines is 1. The Kier molecular flexibility index (Phi) is 5.73. The molecular weight excluding hydrogens is 496 g/mol. The predicted octanol–water partition coefficient (Wildman–Crippen LogP) is 6.61. The van der Waals surface area contributed by atoms with Gasteiger partial charge < -0.3 is 5.32 Å². The standard InChI is InChI=1S/C26H27BrN4OS/c1-15-8-9-16(2)18(10-15)14-33-25-29-24-28-20-12-26(3,4)13-21(32)22(20)23(31(24)30-25)17-6-5-7-19(27)11-17/h5-11,23H,12-14H2,1-4H3,(H,28,29,30)/t23-/m0/s1. The number of allylic oxidation sites excluding steroid dienone is 2. The first kappa shape index (κ1) is 22.4. The molecule has 2 aromatic carbocycles. The Morgan fingerprint density at radius 1 is 1.18 bits per heavy atom. The number of hydrogen-bond acceptors (Lipinski definition) is 5. The highest BCUT2D eigenvalue weighted by molar-refractivity contribution is 9.10. The number of thioether (sulfide) groups is 1. The largest absolute Gasteiger partial charge is 0.328 e. The van der Waals surface area contributed by atoms with E-state index in [9.17, 15) is 4.79 Å². The number of Topliss-reactive ketones (excluding diaryl/α,β-unsaturated/α-hetero) is 1. The Hall–Kier alpha value is -2.38. The van der Waals surface area contributed by atoms with Crippen molar-refractivity contribution >= 4 is 39.4 Å². The molecular formula is C26H27BrN4OS. The molecule has 1 aliphatic heterocycles. The molecule has 1 aliphatic carbocycles. The van der Waals surface area contributed by atoms with Crippen LogP contribution in [0.15, 0.2) is 63.4 Å². The molecule has 0 fully saturated rings. The van der Waals surface area contributed by atoms with Crippen molar-refractivity contribution in [3.63, 3.8) is 0 Å². The number of aromatic nitrogens is 3. The van der Waals surface area contributed by atoms with Gasteiger partial charge in [0.1, 0.15) is 6.04 Å². The van der Waals surface area contributed by atoms with Crippen LogP contribution in [0.25, 0.3) is 0 Å². The average Bonchev–Trinajstić information content (AvgIpc) is 3.14. The lowest BCUT2D eigenvalue weighted by atomic mass is 9.73. The fourth-order valence-corrected chi connectivity index (χ4v) is 6.04. The SMILES string of the molecule is Cc1ccc(C)c(CSc2nc3n(n2)[C@@H](c2cccc(Br)c2)C2=C(CC(C)(C)CC2=O)N3)c1. The average molecular weight is 524 g/mol. The molecule has 1 N–H and O–H groups in total. The first-order valence-corrected chi connectivity index (χ1v) is 12.9. The molecule has 0 saturated carbocycles. The highest BCUT2D eigenvalue weighted by atomic mass is 79.9. The van der Waals surface area contributed by atoms with Crippen molar-refractivity contribution in [1.82, 2.24) is 14.8 Å². The summed E-state index contributed by atoms with van der Waals surface area (Å²) in [6, 6.07) is 14.4. The van der Waals surface area contributed by atoms with Gasteiger partial charge >= 0.3 is 0 Å². The minimum absolute atomic E-state index is 0.0762. The number of benzene rings is 2. The van der Waals surface area contributed by atoms with Gasteiger partial charge in [0.25, 0.3) is 0 Å². The molecule has 0 radical (unpaired) electrons. The van der Waals surface area contributed by atoms with E-state index in [1.54, 1.807) is 11.8 Å². The molecule has 1 aromatic heterocycles. The lowest BCUT2D eigenvalue weighted by molar-refractivity contribution is -0.118. The quantitative estimate of drug-likeness (QED) is 0.390. The van der Waals surface area contributed by atoms with Crippen molar-refractivity contribution in [3.8, 4) is 0 Å². The second kappa shape index (κ2) is 8.44. The number of aryl methyl sites for hydroxylation is 2. The van der Waals surface area contributed by atoms with Crippen molar-refractivity contribution in [2.45, 2.75) is 57.5 Å². The second-order valence-corrected chi connectivity index (χ2v) is 11.7. The summed E-state index contributed by atoms with van der Waals surface area (Å²) < 4.78 is 2.87. The lowest BCUT2D eigenvalue weighted by Crippen LogP contribution is -2.36. The van der Waals surface area contributed by atoms with Crippen molar-refractivity contribution < 1.29 is 4.79 Å². The normalized spacial score (nSPS) is 19.2. The molecule has 0 spiro atoms. The molecule has 5 nitrogen and oxygen atoms in total. The Labute approximate surface area is 207 Å². The number of carbonyl (C=O) groups is 1. The van der Waals surface area contributed by atoms with Gasteiger partial charge in [-0.05, 0) is 54.5 Å². The van der Waals surface area contributed by atoms with Gasteiger partial charge in [-0.1, -0.05) is 77.4 Å². The monoisotopic (exact) mass is 522 g/mol. The van der Waals surface area contributed by atoms with E-state index in [4.69, 9.17) is 10.1 Å². The summed E-state index contributed by atoms with van der Waals surface area (Å²) >= 11 is 5.22. The Bertz CT molecular complexity index is 1290. The predicted molar refractivity (Wildman–Crippen MR) is 136 cm³/mol. The summed E-state index contributed by atoms with van der Waals surface area (Å²) in [6.07, 6.45) is 1.35. The van der Waals surface area contributed by atoms with Gasteiger partial charge in [-0.3, -0.25) is 4.79 Å². The summed E-state index contributed by atoms with van der Waals surface area (Å²) in [5.41, 5.74) is 6.56. The third-order valence-corrected chi connectivity index (χ3v) is 7.72. The zero-order valence-electron chi connectivity index (χ0n) is 19.3. The summed E-state index contributed by atoms with van der Waals surface area (Å²) in [7, 11) is 0. The Balaban J connectivity index is 1.53. The first-order valence-electron chi connectivity index (χ1n) is 11.1. The molecule has 0 unspecified atom stereocenters. The Morgan fingerprint density at radius 3 is 2.79 bits per heavy atom. The lowest BCUT2D eigenvalue weighted by Gasteiger charge is -2.38. The summed E-state index contributed by atoms with van der Waals surface area (Å²) in [5, 5.41) is 9.05. The number of ketones is 1.